The second-order valence-corrected chi connectivity index (χ2v) is 6.43. The first kappa shape index (κ1) is 16.3. The molecule has 0 unspecified atom stereocenters. The van der Waals surface area contributed by atoms with E-state index in [9.17, 15) is 14.4 Å². The Balaban J connectivity index is 1.42. The van der Waals surface area contributed by atoms with Crippen molar-refractivity contribution in [2.75, 3.05) is 10.2 Å². The number of rotatable bonds is 3. The van der Waals surface area contributed by atoms with Crippen LogP contribution in [0.1, 0.15) is 24.8 Å². The third kappa shape index (κ3) is 3.06. The van der Waals surface area contributed by atoms with Gasteiger partial charge in [0.1, 0.15) is 5.75 Å². The zero-order valence-corrected chi connectivity index (χ0v) is 14.1. The van der Waals surface area contributed by atoms with Crippen LogP contribution in [0.3, 0.4) is 0 Å². The first-order valence-corrected chi connectivity index (χ1v) is 8.63. The van der Waals surface area contributed by atoms with Gasteiger partial charge in [-0.25, -0.2) is 0 Å². The number of ether oxygens (including phenoxy) is 1. The monoisotopic (exact) mass is 350 g/mol. The Morgan fingerprint density at radius 2 is 1.69 bits per heavy atom. The molecule has 6 nitrogen and oxygen atoms in total. The molecule has 4 rings (SSSR count). The maximum absolute atomic E-state index is 12.4. The summed E-state index contributed by atoms with van der Waals surface area (Å²) in [6, 6.07) is 14.3. The number of carbonyl (C=O) groups is 3. The summed E-state index contributed by atoms with van der Waals surface area (Å²) in [6.45, 7) is 0. The van der Waals surface area contributed by atoms with Gasteiger partial charge < -0.3 is 10.1 Å². The number of benzene rings is 2. The summed E-state index contributed by atoms with van der Waals surface area (Å²) in [5.74, 6) is 0.148. The van der Waals surface area contributed by atoms with Gasteiger partial charge in [-0.1, -0.05) is 18.2 Å². The lowest BCUT2D eigenvalue weighted by molar-refractivity contribution is -0.129. The third-order valence-corrected chi connectivity index (χ3v) is 4.61. The zero-order chi connectivity index (χ0) is 18.1. The van der Waals surface area contributed by atoms with E-state index in [0.717, 1.165) is 11.3 Å². The molecule has 2 heterocycles. The van der Waals surface area contributed by atoms with Crippen LogP contribution in [0, 0.1) is 0 Å². The first-order chi connectivity index (χ1) is 12.6. The van der Waals surface area contributed by atoms with E-state index in [1.807, 2.05) is 24.3 Å². The predicted octanol–water partition coefficient (Wildman–Crippen LogP) is 2.67. The highest BCUT2D eigenvalue weighted by Gasteiger charge is 2.29. The molecule has 0 aromatic heterocycles. The maximum Gasteiger partial charge on any atom is 0.265 e. The number of hydrogen-bond donors (Lipinski definition) is 1. The highest BCUT2D eigenvalue weighted by atomic mass is 16.5. The minimum Gasteiger partial charge on any atom is -0.480 e. The van der Waals surface area contributed by atoms with E-state index >= 15 is 0 Å². The first-order valence-electron chi connectivity index (χ1n) is 8.63. The molecule has 2 aromatic carbocycles. The minimum absolute atomic E-state index is 0.185. The molecule has 3 amide bonds. The molecular weight excluding hydrogens is 332 g/mol. The summed E-state index contributed by atoms with van der Waals surface area (Å²) < 4.78 is 5.68. The van der Waals surface area contributed by atoms with Crippen molar-refractivity contribution in [1.29, 1.82) is 0 Å². The number of nitrogens with zero attached hydrogens (tertiary/aromatic N) is 1. The van der Waals surface area contributed by atoms with E-state index in [2.05, 4.69) is 5.32 Å². The number of hydrogen-bond acceptors (Lipinski definition) is 4. The number of imide groups is 1. The molecule has 2 aromatic rings. The molecule has 1 atom stereocenters. The van der Waals surface area contributed by atoms with Crippen LogP contribution in [-0.4, -0.2) is 23.8 Å². The SMILES string of the molecule is O=C(Nc1ccc(N2C(=O)CCCC2=O)cc1)[C@H]1Cc2ccccc2O1. The van der Waals surface area contributed by atoms with Crippen LogP contribution in [0.15, 0.2) is 48.5 Å². The van der Waals surface area contributed by atoms with Crippen LogP contribution < -0.4 is 15.0 Å². The van der Waals surface area contributed by atoms with E-state index in [1.165, 1.54) is 4.90 Å². The van der Waals surface area contributed by atoms with Gasteiger partial charge in [-0.15, -0.1) is 0 Å². The predicted molar refractivity (Wildman–Crippen MR) is 96.0 cm³/mol. The van der Waals surface area contributed by atoms with Crippen LogP contribution in [0.25, 0.3) is 0 Å². The standard InChI is InChI=1S/C20H18N2O4/c23-18-6-3-7-19(24)22(18)15-10-8-14(9-11-15)21-20(25)17-12-13-4-1-2-5-16(13)26-17/h1-2,4-5,8-11,17H,3,6-7,12H2,(H,21,25)/t17-/m1/s1. The summed E-state index contributed by atoms with van der Waals surface area (Å²) in [7, 11) is 0. The van der Waals surface area contributed by atoms with Gasteiger partial charge in [-0.3, -0.25) is 19.3 Å². The molecule has 0 aliphatic carbocycles. The number of nitrogens with one attached hydrogen (secondary N) is 1. The number of piperidine rings is 1. The van der Waals surface area contributed by atoms with Crippen molar-refractivity contribution in [3.63, 3.8) is 0 Å². The number of fused-ring (bicyclic) bond motifs is 1. The number of carbonyl (C=O) groups excluding carboxylic acids is 3. The van der Waals surface area contributed by atoms with Gasteiger partial charge in [0.25, 0.3) is 5.91 Å². The number of anilines is 2. The third-order valence-electron chi connectivity index (χ3n) is 4.61. The van der Waals surface area contributed by atoms with Crippen LogP contribution >= 0.6 is 0 Å². The Bertz CT molecular complexity index is 835. The van der Waals surface area contributed by atoms with Crippen molar-refractivity contribution >= 4 is 29.1 Å². The largest absolute Gasteiger partial charge is 0.480 e. The molecule has 132 valence electrons. The zero-order valence-electron chi connectivity index (χ0n) is 14.1. The molecule has 1 fully saturated rings. The van der Waals surface area contributed by atoms with E-state index in [-0.39, 0.29) is 17.7 Å². The minimum atomic E-state index is -0.558. The molecule has 0 saturated carbocycles. The van der Waals surface area contributed by atoms with Crippen LogP contribution in [0.4, 0.5) is 11.4 Å². The van der Waals surface area contributed by atoms with E-state index in [4.69, 9.17) is 4.74 Å². The van der Waals surface area contributed by atoms with Crippen molar-refractivity contribution in [1.82, 2.24) is 0 Å². The van der Waals surface area contributed by atoms with Gasteiger partial charge in [0.05, 0.1) is 5.69 Å². The molecule has 1 N–H and O–H groups in total. The molecule has 0 spiro atoms. The van der Waals surface area contributed by atoms with Crippen molar-refractivity contribution < 1.29 is 19.1 Å². The van der Waals surface area contributed by atoms with Gasteiger partial charge in [0.2, 0.25) is 11.8 Å². The van der Waals surface area contributed by atoms with Crippen molar-refractivity contribution in [3.05, 3.63) is 54.1 Å². The van der Waals surface area contributed by atoms with E-state index < -0.39 is 6.10 Å². The van der Waals surface area contributed by atoms with Gasteiger partial charge in [-0.2, -0.15) is 0 Å². The molecule has 26 heavy (non-hydrogen) atoms. The van der Waals surface area contributed by atoms with Crippen LogP contribution in [0.5, 0.6) is 5.75 Å². The Morgan fingerprint density at radius 3 is 2.38 bits per heavy atom. The molecule has 0 radical (unpaired) electrons. The lowest BCUT2D eigenvalue weighted by atomic mass is 10.1. The fraction of sp³-hybridized carbons (Fsp3) is 0.250. The van der Waals surface area contributed by atoms with Gasteiger partial charge in [-0.05, 0) is 42.3 Å². The fourth-order valence-electron chi connectivity index (χ4n) is 3.29. The summed E-state index contributed by atoms with van der Waals surface area (Å²) in [6.07, 6.45) is 1.34. The quantitative estimate of drug-likeness (QED) is 0.864. The van der Waals surface area contributed by atoms with Gasteiger partial charge in [0.15, 0.2) is 6.10 Å². The van der Waals surface area contributed by atoms with Crippen LogP contribution in [-0.2, 0) is 20.8 Å². The summed E-state index contributed by atoms with van der Waals surface area (Å²) in [5, 5.41) is 2.82. The normalized spacial score (nSPS) is 19.1. The maximum atomic E-state index is 12.4. The lowest BCUT2D eigenvalue weighted by Gasteiger charge is -2.25. The summed E-state index contributed by atoms with van der Waals surface area (Å²) >= 11 is 0. The number of amides is 3. The molecular formula is C20H18N2O4. The summed E-state index contributed by atoms with van der Waals surface area (Å²) in [5.41, 5.74) is 2.14. The average Bonchev–Trinajstić information content (AvgIpc) is 3.07. The smallest absolute Gasteiger partial charge is 0.265 e. The Labute approximate surface area is 150 Å². The Morgan fingerprint density at radius 1 is 1.00 bits per heavy atom. The Hall–Kier alpha value is -3.15. The topological polar surface area (TPSA) is 75.7 Å². The van der Waals surface area contributed by atoms with E-state index in [1.54, 1.807) is 24.3 Å². The van der Waals surface area contributed by atoms with Crippen molar-refractivity contribution in [2.45, 2.75) is 31.8 Å². The van der Waals surface area contributed by atoms with Gasteiger partial charge >= 0.3 is 0 Å². The second-order valence-electron chi connectivity index (χ2n) is 6.43. The molecule has 6 heteroatoms. The highest BCUT2D eigenvalue weighted by Crippen LogP contribution is 2.29. The average molecular weight is 350 g/mol. The fourth-order valence-corrected chi connectivity index (χ4v) is 3.29. The van der Waals surface area contributed by atoms with Crippen molar-refractivity contribution in [3.8, 4) is 5.75 Å². The molecule has 0 bridgehead atoms. The van der Waals surface area contributed by atoms with E-state index in [0.29, 0.717) is 37.1 Å². The Kier molecular flexibility index (Phi) is 4.16. The molecule has 1 saturated heterocycles. The van der Waals surface area contributed by atoms with Gasteiger partial charge in [0, 0.05) is 24.9 Å². The van der Waals surface area contributed by atoms with Crippen molar-refractivity contribution in [2.24, 2.45) is 0 Å². The molecule has 2 aliphatic heterocycles. The molecule has 2 aliphatic rings. The van der Waals surface area contributed by atoms with Crippen LogP contribution in [0.2, 0.25) is 0 Å². The summed E-state index contributed by atoms with van der Waals surface area (Å²) in [4.78, 5) is 37.6. The number of para-hydroxylation sites is 1. The lowest BCUT2D eigenvalue weighted by Crippen LogP contribution is -2.40. The second kappa shape index (κ2) is 6.63. The highest BCUT2D eigenvalue weighted by molar-refractivity contribution is 6.16.